The van der Waals surface area contributed by atoms with Crippen LogP contribution in [0.15, 0.2) is 38.8 Å². The van der Waals surface area contributed by atoms with Crippen molar-refractivity contribution in [2.45, 2.75) is 41.8 Å². The molecule has 1 aromatic carbocycles. The van der Waals surface area contributed by atoms with E-state index in [1.807, 2.05) is 0 Å². The first kappa shape index (κ1) is 17.5. The molecule has 2 atom stereocenters. The van der Waals surface area contributed by atoms with Crippen molar-refractivity contribution in [1.29, 1.82) is 0 Å². The number of carbonyl (C=O) groups is 1. The molecule has 5 nitrogen and oxygen atoms in total. The normalized spacial score (nSPS) is 27.5. The Labute approximate surface area is 154 Å². The number of benzene rings is 1. The van der Waals surface area contributed by atoms with Crippen molar-refractivity contribution in [3.63, 3.8) is 0 Å². The predicted molar refractivity (Wildman–Crippen MR) is 92.0 cm³/mol. The van der Waals surface area contributed by atoms with Gasteiger partial charge in [0.2, 0.25) is 0 Å². The van der Waals surface area contributed by atoms with Gasteiger partial charge in [-0.1, -0.05) is 11.8 Å². The lowest BCUT2D eigenvalue weighted by Crippen LogP contribution is -2.62. The molecule has 1 aromatic heterocycles. The summed E-state index contributed by atoms with van der Waals surface area (Å²) in [5.41, 5.74) is 0. The third-order valence-electron chi connectivity index (χ3n) is 5.26. The van der Waals surface area contributed by atoms with Gasteiger partial charge in [-0.2, -0.15) is 0 Å². The highest BCUT2D eigenvalue weighted by atomic mass is 32.2. The van der Waals surface area contributed by atoms with E-state index in [-0.39, 0.29) is 17.8 Å². The van der Waals surface area contributed by atoms with Crippen molar-refractivity contribution >= 4 is 17.7 Å². The van der Waals surface area contributed by atoms with Crippen molar-refractivity contribution in [2.24, 2.45) is 5.92 Å². The van der Waals surface area contributed by atoms with E-state index in [0.717, 1.165) is 49.8 Å². The summed E-state index contributed by atoms with van der Waals surface area (Å²) in [5.74, 6) is -1.70. The fourth-order valence-corrected chi connectivity index (χ4v) is 4.58. The lowest BCUT2D eigenvalue weighted by molar-refractivity contribution is 0.0209. The molecule has 5 rings (SSSR count). The Morgan fingerprint density at radius 2 is 2.08 bits per heavy atom. The number of rotatable bonds is 4. The number of nitrogens with zero attached hydrogens (tertiary/aromatic N) is 2. The van der Waals surface area contributed by atoms with Crippen molar-refractivity contribution in [3.05, 3.63) is 41.9 Å². The average molecular weight is 379 g/mol. The molecule has 8 heteroatoms. The Kier molecular flexibility index (Phi) is 4.71. The Morgan fingerprint density at radius 1 is 1.31 bits per heavy atom. The molecule has 3 fully saturated rings. The largest absolute Gasteiger partial charge is 0.425 e. The maximum atomic E-state index is 13.3. The van der Waals surface area contributed by atoms with Crippen LogP contribution in [0.2, 0.25) is 0 Å². The summed E-state index contributed by atoms with van der Waals surface area (Å²) < 4.78 is 31.8. The summed E-state index contributed by atoms with van der Waals surface area (Å²) in [7, 11) is 0. The minimum absolute atomic E-state index is 0.0151. The number of piperidine rings is 3. The zero-order valence-electron chi connectivity index (χ0n) is 14.2. The number of fused-ring (bicyclic) bond motifs is 3. The van der Waals surface area contributed by atoms with Crippen LogP contribution < -0.4 is 5.32 Å². The monoisotopic (exact) mass is 379 g/mol. The molecule has 0 radical (unpaired) electrons. The smallest absolute Gasteiger partial charge is 0.307 e. The van der Waals surface area contributed by atoms with Gasteiger partial charge in [0, 0.05) is 17.0 Å². The highest BCUT2D eigenvalue weighted by Crippen LogP contribution is 2.33. The third kappa shape index (κ3) is 3.35. The van der Waals surface area contributed by atoms with Crippen LogP contribution in [0.5, 0.6) is 0 Å². The summed E-state index contributed by atoms with van der Waals surface area (Å²) in [6, 6.07) is 3.98. The second kappa shape index (κ2) is 7.00. The molecule has 3 aliphatic heterocycles. The van der Waals surface area contributed by atoms with Gasteiger partial charge in [0.1, 0.15) is 0 Å². The summed E-state index contributed by atoms with van der Waals surface area (Å²) in [6.45, 7) is 4.31. The van der Waals surface area contributed by atoms with Crippen molar-refractivity contribution < 1.29 is 18.0 Å². The van der Waals surface area contributed by atoms with Gasteiger partial charge >= 0.3 is 5.91 Å². The van der Waals surface area contributed by atoms with E-state index < -0.39 is 11.6 Å². The maximum Gasteiger partial charge on any atom is 0.307 e. The summed E-state index contributed by atoms with van der Waals surface area (Å²) in [6.07, 6.45) is 3.61. The fraction of sp³-hybridized carbons (Fsp3) is 0.444. The lowest BCUT2D eigenvalue weighted by atomic mass is 9.79. The van der Waals surface area contributed by atoms with E-state index >= 15 is 0 Å². The van der Waals surface area contributed by atoms with Gasteiger partial charge in [0.15, 0.2) is 16.7 Å². The van der Waals surface area contributed by atoms with Gasteiger partial charge in [0.05, 0.1) is 6.20 Å². The highest BCUT2D eigenvalue weighted by molar-refractivity contribution is 7.99. The molecule has 0 spiro atoms. The molecule has 2 aromatic rings. The average Bonchev–Trinajstić information content (AvgIpc) is 3.10. The lowest BCUT2D eigenvalue weighted by Gasteiger charge is -2.49. The topological polar surface area (TPSA) is 58.4 Å². The quantitative estimate of drug-likeness (QED) is 0.883. The molecular weight excluding hydrogens is 360 g/mol. The molecule has 1 amide bonds. The first-order chi connectivity index (χ1) is 12.5. The molecule has 1 N–H and O–H groups in total. The number of hydrogen-bond donors (Lipinski definition) is 1. The summed E-state index contributed by atoms with van der Waals surface area (Å²) in [4.78, 5) is 19.4. The predicted octanol–water partition coefficient (Wildman–Crippen LogP) is 3.32. The number of oxazole rings is 1. The number of carbonyl (C=O) groups excluding carboxylic acids is 1. The molecule has 4 heterocycles. The molecule has 3 saturated heterocycles. The van der Waals surface area contributed by atoms with Crippen LogP contribution in [0, 0.1) is 17.6 Å². The SMILES string of the molecule is CC1C(NC(=O)c2ncc(Sc3ccc(F)c(F)c3)o2)C2CCN1CC2. The highest BCUT2D eigenvalue weighted by Gasteiger charge is 2.40. The van der Waals surface area contributed by atoms with E-state index in [2.05, 4.69) is 22.1 Å². The zero-order valence-corrected chi connectivity index (χ0v) is 15.1. The number of nitrogens with one attached hydrogen (secondary N) is 1. The van der Waals surface area contributed by atoms with Crippen LogP contribution in [0.4, 0.5) is 8.78 Å². The first-order valence-corrected chi connectivity index (χ1v) is 9.46. The minimum Gasteiger partial charge on any atom is -0.425 e. The first-order valence-electron chi connectivity index (χ1n) is 8.65. The van der Waals surface area contributed by atoms with E-state index in [0.29, 0.717) is 21.9 Å². The molecule has 0 saturated carbocycles. The number of aromatic nitrogens is 1. The second-order valence-electron chi connectivity index (χ2n) is 6.78. The zero-order chi connectivity index (χ0) is 18.3. The van der Waals surface area contributed by atoms with E-state index in [4.69, 9.17) is 4.42 Å². The third-order valence-corrected chi connectivity index (χ3v) is 6.14. The van der Waals surface area contributed by atoms with Crippen LogP contribution >= 0.6 is 11.8 Å². The van der Waals surface area contributed by atoms with Gasteiger partial charge in [-0.05, 0) is 57.0 Å². The van der Waals surface area contributed by atoms with Crippen molar-refractivity contribution in [2.75, 3.05) is 13.1 Å². The molecule has 3 aliphatic rings. The summed E-state index contributed by atoms with van der Waals surface area (Å²) >= 11 is 1.08. The van der Waals surface area contributed by atoms with Crippen LogP contribution in [0.25, 0.3) is 0 Å². The maximum absolute atomic E-state index is 13.3. The van der Waals surface area contributed by atoms with E-state index in [1.165, 1.54) is 12.3 Å². The molecule has 26 heavy (non-hydrogen) atoms. The molecule has 2 unspecified atom stereocenters. The molecule has 0 aliphatic carbocycles. The standard InChI is InChI=1S/C18H19F2N3O2S/c1-10-16(11-4-6-23(10)7-5-11)22-17(24)18-21-9-15(25-18)26-12-2-3-13(19)14(20)8-12/h2-3,8-11,16H,4-7H2,1H3,(H,22,24). The Morgan fingerprint density at radius 3 is 2.77 bits per heavy atom. The van der Waals surface area contributed by atoms with Gasteiger partial charge in [-0.3, -0.25) is 9.69 Å². The Bertz CT molecular complexity index is 819. The Hall–Kier alpha value is -1.93. The Balaban J connectivity index is 1.42. The van der Waals surface area contributed by atoms with Gasteiger partial charge in [-0.15, -0.1) is 0 Å². The van der Waals surface area contributed by atoms with Crippen molar-refractivity contribution in [3.8, 4) is 0 Å². The molecular formula is C18H19F2N3O2S. The van der Waals surface area contributed by atoms with E-state index in [1.54, 1.807) is 0 Å². The van der Waals surface area contributed by atoms with Gasteiger partial charge in [0.25, 0.3) is 5.89 Å². The number of amides is 1. The fourth-order valence-electron chi connectivity index (χ4n) is 3.83. The molecule has 138 valence electrons. The van der Waals surface area contributed by atoms with Crippen LogP contribution in [0.3, 0.4) is 0 Å². The number of hydrogen-bond acceptors (Lipinski definition) is 5. The summed E-state index contributed by atoms with van der Waals surface area (Å²) in [5, 5.41) is 3.40. The second-order valence-corrected chi connectivity index (χ2v) is 7.85. The number of halogens is 2. The molecule has 2 bridgehead atoms. The van der Waals surface area contributed by atoms with Crippen molar-refractivity contribution in [1.82, 2.24) is 15.2 Å². The van der Waals surface area contributed by atoms with Gasteiger partial charge < -0.3 is 9.73 Å². The van der Waals surface area contributed by atoms with Gasteiger partial charge in [-0.25, -0.2) is 13.8 Å². The van der Waals surface area contributed by atoms with Crippen LogP contribution in [-0.4, -0.2) is 41.0 Å². The van der Waals surface area contributed by atoms with Crippen LogP contribution in [-0.2, 0) is 0 Å². The minimum atomic E-state index is -0.927. The van der Waals surface area contributed by atoms with E-state index in [9.17, 15) is 13.6 Å². The van der Waals surface area contributed by atoms with Crippen LogP contribution in [0.1, 0.15) is 30.5 Å².